The van der Waals surface area contributed by atoms with Gasteiger partial charge in [0.25, 0.3) is 0 Å². The number of aliphatic hydroxyl groups is 1. The van der Waals surface area contributed by atoms with Crippen LogP contribution in [0.1, 0.15) is 98.8 Å². The quantitative estimate of drug-likeness (QED) is 0.104. The SMILES string of the molecule is COC(=O)NC(C)C(=O)N1CCC[C@H]1c1ncc(-c2ccc(C#Cc3ccc(-c4cnc([C@@H]5CCCN5OC[C@@H](c5ccccc5)N5CCC(C)(O)CC5)[nH]4)cc3)cc2)[nH]1. The van der Waals surface area contributed by atoms with E-state index in [0.29, 0.717) is 13.2 Å². The second-order valence-corrected chi connectivity index (χ2v) is 16.4. The van der Waals surface area contributed by atoms with Crippen LogP contribution in [0.4, 0.5) is 4.79 Å². The minimum Gasteiger partial charge on any atom is -0.453 e. The first kappa shape index (κ1) is 41.0. The number of alkyl carbamates (subject to hydrolysis) is 1. The van der Waals surface area contributed by atoms with E-state index in [1.807, 2.05) is 55.6 Å². The Kier molecular flexibility index (Phi) is 12.5. The maximum absolute atomic E-state index is 13.1. The van der Waals surface area contributed by atoms with Crippen molar-refractivity contribution in [3.63, 3.8) is 0 Å². The van der Waals surface area contributed by atoms with Gasteiger partial charge in [-0.3, -0.25) is 14.5 Å². The van der Waals surface area contributed by atoms with Crippen molar-refractivity contribution < 1.29 is 24.3 Å². The number of methoxy groups -OCH3 is 1. The third-order valence-electron chi connectivity index (χ3n) is 12.1. The maximum atomic E-state index is 13.1. The van der Waals surface area contributed by atoms with Crippen LogP contribution in [0.5, 0.6) is 0 Å². The molecule has 3 aliphatic heterocycles. The average molecular weight is 811 g/mol. The van der Waals surface area contributed by atoms with Crippen molar-refractivity contribution in [3.05, 3.63) is 120 Å². The summed E-state index contributed by atoms with van der Waals surface area (Å²) in [6.45, 7) is 7.25. The van der Waals surface area contributed by atoms with Gasteiger partial charge < -0.3 is 30.0 Å². The largest absolute Gasteiger partial charge is 0.453 e. The molecule has 3 aromatic carbocycles. The Labute approximate surface area is 351 Å². The number of aromatic nitrogens is 4. The summed E-state index contributed by atoms with van der Waals surface area (Å²) >= 11 is 0. The normalized spacial score (nSPS) is 20.3. The molecule has 2 aromatic heterocycles. The number of aromatic amines is 2. The molecular weight excluding hydrogens is 757 g/mol. The van der Waals surface area contributed by atoms with E-state index >= 15 is 0 Å². The zero-order valence-electron chi connectivity index (χ0n) is 34.6. The van der Waals surface area contributed by atoms with Crippen LogP contribution in [0.2, 0.25) is 0 Å². The first-order valence-electron chi connectivity index (χ1n) is 21.0. The molecular formula is C47H54N8O5. The Morgan fingerprint density at radius 3 is 2.00 bits per heavy atom. The van der Waals surface area contributed by atoms with Crippen LogP contribution in [-0.4, -0.2) is 103 Å². The first-order chi connectivity index (χ1) is 29.1. The van der Waals surface area contributed by atoms with E-state index < -0.39 is 17.7 Å². The van der Waals surface area contributed by atoms with Crippen molar-refractivity contribution in [2.75, 3.05) is 39.9 Å². The number of H-pyrrole nitrogens is 2. The summed E-state index contributed by atoms with van der Waals surface area (Å²) in [5.41, 5.74) is 6.24. The molecule has 1 unspecified atom stereocenters. The minimum absolute atomic E-state index is 0.0459. The number of piperidine rings is 1. The van der Waals surface area contributed by atoms with Gasteiger partial charge in [0.2, 0.25) is 5.91 Å². The van der Waals surface area contributed by atoms with Crippen LogP contribution < -0.4 is 5.32 Å². The number of hydrogen-bond donors (Lipinski definition) is 4. The van der Waals surface area contributed by atoms with Gasteiger partial charge in [-0.2, -0.15) is 5.06 Å². The zero-order chi connectivity index (χ0) is 41.6. The van der Waals surface area contributed by atoms with Crippen LogP contribution in [0.25, 0.3) is 22.5 Å². The Morgan fingerprint density at radius 2 is 1.40 bits per heavy atom. The number of hydrogen-bond acceptors (Lipinski definition) is 9. The van der Waals surface area contributed by atoms with E-state index in [0.717, 1.165) is 103 Å². The number of nitrogens with one attached hydrogen (secondary N) is 3. The average Bonchev–Trinajstić information content (AvgIpc) is 4.12. The standard InChI is InChI=1S/C47H54N8O5/c1-32(50-46(57)59-3)45(56)54-25-7-11-40(54)43-48-29-38(51-43)35-19-15-33(16-20-35)13-14-34-17-21-36(22-18-34)39-30-49-44(52-39)41-12-8-26-55(41)60-31-42(37-9-5-4-6-10-37)53-27-23-47(2,58)24-28-53/h4-6,9-10,15-22,29-30,32,40-42,58H,7-8,11-12,23-28,31H2,1-3H3,(H,48,51)(H,49,52)(H,50,57)/t32?,40-,41-,42-/m0/s1. The molecule has 3 fully saturated rings. The van der Waals surface area contributed by atoms with Crippen molar-refractivity contribution >= 4 is 12.0 Å². The molecule has 8 rings (SSSR count). The molecule has 0 spiro atoms. The molecule has 3 saturated heterocycles. The Balaban J connectivity index is 0.865. The molecule has 5 aromatic rings. The number of amides is 2. The van der Waals surface area contributed by atoms with Gasteiger partial charge in [0.1, 0.15) is 17.7 Å². The topological polar surface area (TPSA) is 152 Å². The lowest BCUT2D eigenvalue weighted by atomic mass is 9.92. The molecule has 0 aliphatic carbocycles. The number of likely N-dealkylation sites (tertiary alicyclic amines) is 2. The molecule has 13 heteroatoms. The monoisotopic (exact) mass is 810 g/mol. The lowest BCUT2D eigenvalue weighted by Gasteiger charge is -2.40. The first-order valence-corrected chi connectivity index (χ1v) is 21.0. The number of rotatable bonds is 11. The van der Waals surface area contributed by atoms with Crippen LogP contribution in [0, 0.1) is 11.8 Å². The summed E-state index contributed by atoms with van der Waals surface area (Å²) in [6.07, 6.45) is 8.22. The summed E-state index contributed by atoms with van der Waals surface area (Å²) < 4.78 is 4.65. The smallest absolute Gasteiger partial charge is 0.407 e. The highest BCUT2D eigenvalue weighted by Crippen LogP contribution is 2.35. The highest BCUT2D eigenvalue weighted by atomic mass is 16.7. The van der Waals surface area contributed by atoms with Gasteiger partial charge in [-0.25, -0.2) is 14.8 Å². The molecule has 60 heavy (non-hydrogen) atoms. The van der Waals surface area contributed by atoms with Crippen molar-refractivity contribution in [3.8, 4) is 34.4 Å². The fraction of sp³-hybridized carbons (Fsp3) is 0.404. The molecule has 2 amide bonds. The van der Waals surface area contributed by atoms with E-state index in [2.05, 4.69) is 83.2 Å². The number of ether oxygens (including phenoxy) is 1. The van der Waals surface area contributed by atoms with Crippen LogP contribution in [0.15, 0.2) is 91.3 Å². The highest BCUT2D eigenvalue weighted by molar-refractivity contribution is 5.85. The van der Waals surface area contributed by atoms with Crippen LogP contribution in [-0.2, 0) is 14.4 Å². The van der Waals surface area contributed by atoms with E-state index in [1.54, 1.807) is 18.0 Å². The molecule has 0 bridgehead atoms. The van der Waals surface area contributed by atoms with E-state index in [4.69, 9.17) is 9.82 Å². The lowest BCUT2D eigenvalue weighted by molar-refractivity contribution is -0.187. The van der Waals surface area contributed by atoms with Crippen molar-refractivity contribution in [1.82, 2.24) is 40.1 Å². The molecule has 4 N–H and O–H groups in total. The van der Waals surface area contributed by atoms with Crippen molar-refractivity contribution in [1.29, 1.82) is 0 Å². The molecule has 312 valence electrons. The summed E-state index contributed by atoms with van der Waals surface area (Å²) in [6, 6.07) is 26.0. The highest BCUT2D eigenvalue weighted by Gasteiger charge is 2.36. The van der Waals surface area contributed by atoms with Crippen molar-refractivity contribution in [2.45, 2.75) is 82.1 Å². The predicted octanol–water partition coefficient (Wildman–Crippen LogP) is 6.93. The van der Waals surface area contributed by atoms with Gasteiger partial charge >= 0.3 is 6.09 Å². The molecule has 0 radical (unpaired) electrons. The maximum Gasteiger partial charge on any atom is 0.407 e. The van der Waals surface area contributed by atoms with Gasteiger partial charge in [0.15, 0.2) is 0 Å². The molecule has 0 saturated carbocycles. The summed E-state index contributed by atoms with van der Waals surface area (Å²) in [4.78, 5) is 52.0. The van der Waals surface area contributed by atoms with Gasteiger partial charge in [-0.1, -0.05) is 66.4 Å². The second-order valence-electron chi connectivity index (χ2n) is 16.4. The van der Waals surface area contributed by atoms with Gasteiger partial charge in [0, 0.05) is 37.3 Å². The molecule has 5 heterocycles. The Hall–Kier alpha value is -5.78. The van der Waals surface area contributed by atoms with Gasteiger partial charge in [0.05, 0.1) is 61.2 Å². The predicted molar refractivity (Wildman–Crippen MR) is 228 cm³/mol. The van der Waals surface area contributed by atoms with Gasteiger partial charge in [-0.05, 0) is 93.3 Å². The van der Waals surface area contributed by atoms with Crippen LogP contribution >= 0.6 is 0 Å². The summed E-state index contributed by atoms with van der Waals surface area (Å²) in [5, 5.41) is 15.2. The third-order valence-corrected chi connectivity index (χ3v) is 12.1. The zero-order valence-corrected chi connectivity index (χ0v) is 34.6. The number of imidazole rings is 2. The minimum atomic E-state index is -0.699. The number of nitrogens with zero attached hydrogens (tertiary/aromatic N) is 5. The Morgan fingerprint density at radius 1 is 0.833 bits per heavy atom. The number of hydroxylamine groups is 2. The summed E-state index contributed by atoms with van der Waals surface area (Å²) in [7, 11) is 1.28. The van der Waals surface area contributed by atoms with Crippen molar-refractivity contribution in [2.24, 2.45) is 0 Å². The second kappa shape index (κ2) is 18.2. The van der Waals surface area contributed by atoms with Crippen LogP contribution in [0.3, 0.4) is 0 Å². The number of carbonyl (C=O) groups is 2. The Bertz CT molecular complexity index is 2280. The fourth-order valence-electron chi connectivity index (χ4n) is 8.52. The number of benzene rings is 3. The van der Waals surface area contributed by atoms with E-state index in [9.17, 15) is 14.7 Å². The van der Waals surface area contributed by atoms with E-state index in [-0.39, 0.29) is 24.0 Å². The molecule has 4 atom stereocenters. The third kappa shape index (κ3) is 9.48. The fourth-order valence-corrected chi connectivity index (χ4v) is 8.52. The lowest BCUT2D eigenvalue weighted by Crippen LogP contribution is -2.46. The van der Waals surface area contributed by atoms with Gasteiger partial charge in [-0.15, -0.1) is 0 Å². The number of carbonyl (C=O) groups excluding carboxylic acids is 2. The molecule has 13 nitrogen and oxygen atoms in total. The summed E-state index contributed by atoms with van der Waals surface area (Å²) in [5.74, 6) is 8.04. The van der Waals surface area contributed by atoms with E-state index in [1.165, 1.54) is 12.7 Å². The molecule has 3 aliphatic rings.